The van der Waals surface area contributed by atoms with E-state index in [4.69, 9.17) is 0 Å². The van der Waals surface area contributed by atoms with Crippen LogP contribution in [0.1, 0.15) is 36.6 Å². The number of benzene rings is 2. The Labute approximate surface area is 169 Å². The van der Waals surface area contributed by atoms with Gasteiger partial charge in [-0.2, -0.15) is 0 Å². The monoisotopic (exact) mass is 392 g/mol. The third-order valence-corrected chi connectivity index (χ3v) is 5.34. The van der Waals surface area contributed by atoms with Crippen LogP contribution in [0.15, 0.2) is 48.5 Å². The van der Waals surface area contributed by atoms with E-state index >= 15 is 0 Å². The fraction of sp³-hybridized carbons (Fsp3) is 0.318. The molecule has 1 saturated heterocycles. The molecule has 2 N–H and O–H groups in total. The number of carbonyl (C=O) groups excluding carboxylic acids is 3. The van der Waals surface area contributed by atoms with Gasteiger partial charge in [-0.3, -0.25) is 24.2 Å². The van der Waals surface area contributed by atoms with E-state index in [2.05, 4.69) is 15.5 Å². The Bertz CT molecular complexity index is 923. The Morgan fingerprint density at radius 1 is 0.966 bits per heavy atom. The molecule has 2 aromatic rings. The van der Waals surface area contributed by atoms with Gasteiger partial charge in [0.15, 0.2) is 0 Å². The molecule has 29 heavy (non-hydrogen) atoms. The summed E-state index contributed by atoms with van der Waals surface area (Å²) in [5.41, 5.74) is 1.92. The van der Waals surface area contributed by atoms with Crippen molar-refractivity contribution in [1.29, 1.82) is 0 Å². The van der Waals surface area contributed by atoms with Gasteiger partial charge < -0.3 is 10.6 Å². The molecule has 2 aliphatic heterocycles. The highest BCUT2D eigenvalue weighted by Gasteiger charge is 2.35. The second-order valence-corrected chi connectivity index (χ2v) is 7.29. The largest absolute Gasteiger partial charge is 0.351 e. The number of amides is 3. The van der Waals surface area contributed by atoms with Crippen LogP contribution in [-0.2, 0) is 6.54 Å². The number of nitrogens with one attached hydrogen (secondary N) is 2. The summed E-state index contributed by atoms with van der Waals surface area (Å²) in [6.07, 6.45) is 0. The maximum absolute atomic E-state index is 12.8. The first kappa shape index (κ1) is 19.3. The molecule has 0 atom stereocenters. The van der Waals surface area contributed by atoms with Crippen molar-refractivity contribution >= 4 is 17.7 Å². The molecule has 2 heterocycles. The van der Waals surface area contributed by atoms with Crippen LogP contribution in [0.2, 0.25) is 0 Å². The van der Waals surface area contributed by atoms with Crippen LogP contribution in [0, 0.1) is 0 Å². The zero-order valence-electron chi connectivity index (χ0n) is 16.2. The summed E-state index contributed by atoms with van der Waals surface area (Å²) in [5, 5.41) is 6.20. The highest BCUT2D eigenvalue weighted by Crippen LogP contribution is 2.25. The molecule has 2 aliphatic rings. The van der Waals surface area contributed by atoms with Gasteiger partial charge in [0.05, 0.1) is 17.7 Å². The van der Waals surface area contributed by atoms with E-state index in [1.807, 2.05) is 30.3 Å². The lowest BCUT2D eigenvalue weighted by Gasteiger charge is -2.27. The van der Waals surface area contributed by atoms with E-state index in [1.165, 1.54) is 11.0 Å². The second kappa shape index (κ2) is 8.55. The Morgan fingerprint density at radius 3 is 2.45 bits per heavy atom. The van der Waals surface area contributed by atoms with E-state index in [9.17, 15) is 14.4 Å². The van der Waals surface area contributed by atoms with Crippen molar-refractivity contribution in [3.63, 3.8) is 0 Å². The fourth-order valence-corrected chi connectivity index (χ4v) is 3.71. The first-order chi connectivity index (χ1) is 14.1. The number of hydrogen-bond acceptors (Lipinski definition) is 5. The van der Waals surface area contributed by atoms with E-state index in [1.54, 1.807) is 12.1 Å². The molecule has 1 fully saturated rings. The summed E-state index contributed by atoms with van der Waals surface area (Å²) in [7, 11) is 0. The van der Waals surface area contributed by atoms with Crippen molar-refractivity contribution in [2.45, 2.75) is 6.54 Å². The van der Waals surface area contributed by atoms with Crippen LogP contribution >= 0.6 is 0 Å². The number of piperazine rings is 1. The average molecular weight is 392 g/mol. The minimum atomic E-state index is -0.357. The number of rotatable bonds is 6. The molecule has 0 aromatic heterocycles. The van der Waals surface area contributed by atoms with Crippen molar-refractivity contribution in [1.82, 2.24) is 20.4 Å². The van der Waals surface area contributed by atoms with Crippen LogP contribution in [0.5, 0.6) is 0 Å². The zero-order chi connectivity index (χ0) is 20.2. The molecule has 0 spiro atoms. The maximum atomic E-state index is 12.8. The molecular formula is C22H24N4O3. The summed E-state index contributed by atoms with van der Waals surface area (Å²) in [6.45, 7) is 5.44. The molecule has 0 saturated carbocycles. The van der Waals surface area contributed by atoms with E-state index in [-0.39, 0.29) is 24.3 Å². The topological polar surface area (TPSA) is 81.8 Å². The molecule has 0 radical (unpaired) electrons. The molecule has 2 aromatic carbocycles. The molecule has 7 nitrogen and oxygen atoms in total. The molecule has 3 amide bonds. The standard InChI is InChI=1S/C22H24N4O3/c27-20(24-10-13-25-11-8-23-9-12-25)17-6-7-18-19(14-17)22(29)26(21(18)28)15-16-4-2-1-3-5-16/h1-7,14,23H,8-13,15H2,(H,24,27). The van der Waals surface area contributed by atoms with Gasteiger partial charge in [0.2, 0.25) is 0 Å². The van der Waals surface area contributed by atoms with E-state index in [0.29, 0.717) is 23.2 Å². The SMILES string of the molecule is O=C(NCCN1CCNCC1)c1ccc2c(c1)C(=O)N(Cc1ccccc1)C2=O. The number of nitrogens with zero attached hydrogens (tertiary/aromatic N) is 2. The minimum absolute atomic E-state index is 0.222. The van der Waals surface area contributed by atoms with Crippen LogP contribution in [0.25, 0.3) is 0 Å². The van der Waals surface area contributed by atoms with Gasteiger partial charge in [-0.25, -0.2) is 0 Å². The van der Waals surface area contributed by atoms with Crippen molar-refractivity contribution in [2.24, 2.45) is 0 Å². The fourth-order valence-electron chi connectivity index (χ4n) is 3.71. The summed E-state index contributed by atoms with van der Waals surface area (Å²) in [4.78, 5) is 41.4. The van der Waals surface area contributed by atoms with Gasteiger partial charge in [-0.1, -0.05) is 30.3 Å². The van der Waals surface area contributed by atoms with Crippen LogP contribution in [0.4, 0.5) is 0 Å². The van der Waals surface area contributed by atoms with Crippen molar-refractivity contribution in [3.8, 4) is 0 Å². The van der Waals surface area contributed by atoms with Crippen LogP contribution in [0.3, 0.4) is 0 Å². The van der Waals surface area contributed by atoms with Gasteiger partial charge in [-0.05, 0) is 23.8 Å². The Balaban J connectivity index is 1.40. The quantitative estimate of drug-likeness (QED) is 0.720. The molecule has 7 heteroatoms. The molecule has 150 valence electrons. The third kappa shape index (κ3) is 4.21. The maximum Gasteiger partial charge on any atom is 0.261 e. The number of carbonyl (C=O) groups is 3. The van der Waals surface area contributed by atoms with E-state index in [0.717, 1.165) is 38.3 Å². The van der Waals surface area contributed by atoms with Crippen molar-refractivity contribution in [2.75, 3.05) is 39.3 Å². The predicted molar refractivity (Wildman–Crippen MR) is 109 cm³/mol. The average Bonchev–Trinajstić information content (AvgIpc) is 2.99. The lowest BCUT2D eigenvalue weighted by molar-refractivity contribution is 0.0642. The lowest BCUT2D eigenvalue weighted by Crippen LogP contribution is -2.46. The smallest absolute Gasteiger partial charge is 0.261 e. The second-order valence-electron chi connectivity index (χ2n) is 7.29. The molecular weight excluding hydrogens is 368 g/mol. The van der Waals surface area contributed by atoms with Crippen LogP contribution < -0.4 is 10.6 Å². The van der Waals surface area contributed by atoms with Gasteiger partial charge in [-0.15, -0.1) is 0 Å². The Kier molecular flexibility index (Phi) is 5.69. The molecule has 4 rings (SSSR count). The van der Waals surface area contributed by atoms with Crippen molar-refractivity contribution < 1.29 is 14.4 Å². The van der Waals surface area contributed by atoms with Crippen LogP contribution in [-0.4, -0.2) is 66.8 Å². The third-order valence-electron chi connectivity index (χ3n) is 5.34. The summed E-state index contributed by atoms with van der Waals surface area (Å²) >= 11 is 0. The number of fused-ring (bicyclic) bond motifs is 1. The van der Waals surface area contributed by atoms with Gasteiger partial charge in [0.25, 0.3) is 17.7 Å². The first-order valence-corrected chi connectivity index (χ1v) is 9.89. The summed E-state index contributed by atoms with van der Waals surface area (Å²) in [6, 6.07) is 14.1. The highest BCUT2D eigenvalue weighted by atomic mass is 16.2. The predicted octanol–water partition coefficient (Wildman–Crippen LogP) is 1.12. The summed E-state index contributed by atoms with van der Waals surface area (Å²) < 4.78 is 0. The van der Waals surface area contributed by atoms with Gasteiger partial charge in [0.1, 0.15) is 0 Å². The minimum Gasteiger partial charge on any atom is -0.351 e. The highest BCUT2D eigenvalue weighted by molar-refractivity contribution is 6.22. The number of hydrogen-bond donors (Lipinski definition) is 2. The Morgan fingerprint density at radius 2 is 1.69 bits per heavy atom. The van der Waals surface area contributed by atoms with Crippen molar-refractivity contribution in [3.05, 3.63) is 70.8 Å². The number of imide groups is 1. The van der Waals surface area contributed by atoms with E-state index < -0.39 is 0 Å². The molecule has 0 unspecified atom stereocenters. The molecule has 0 aliphatic carbocycles. The lowest BCUT2D eigenvalue weighted by atomic mass is 10.1. The zero-order valence-corrected chi connectivity index (χ0v) is 16.2. The normalized spacial score (nSPS) is 16.8. The summed E-state index contributed by atoms with van der Waals surface area (Å²) in [5.74, 6) is -0.909. The molecule has 0 bridgehead atoms. The first-order valence-electron chi connectivity index (χ1n) is 9.89. The Hall–Kier alpha value is -3.03. The van der Waals surface area contributed by atoms with Gasteiger partial charge >= 0.3 is 0 Å². The van der Waals surface area contributed by atoms with Gasteiger partial charge in [0, 0.05) is 44.8 Å².